The number of hydrogen-bond donors (Lipinski definition) is 1. The first-order chi connectivity index (χ1) is 14.8. The smallest absolute Gasteiger partial charge is 0.113 e. The Labute approximate surface area is 171 Å². The molecule has 0 bridgehead atoms. The van der Waals surface area contributed by atoms with Gasteiger partial charge in [0.25, 0.3) is 0 Å². The molecule has 0 saturated heterocycles. The van der Waals surface area contributed by atoms with E-state index in [2.05, 4.69) is 49.9 Å². The maximum Gasteiger partial charge on any atom is 0.113 e. The summed E-state index contributed by atoms with van der Waals surface area (Å²) in [5.74, 6) is 0. The predicted octanol–water partition coefficient (Wildman–Crippen LogP) is 4.21. The lowest BCUT2D eigenvalue weighted by Crippen LogP contribution is -2.03. The molecule has 0 aliphatic carbocycles. The molecule has 0 amide bonds. The number of hydrogen-bond acceptors (Lipinski definition) is 4. The second kappa shape index (κ2) is 6.66. The molecule has 0 unspecified atom stereocenters. The largest absolute Gasteiger partial charge is 0.278 e. The van der Waals surface area contributed by atoms with Gasteiger partial charge in [-0.15, -0.1) is 5.10 Å². The van der Waals surface area contributed by atoms with Crippen molar-refractivity contribution >= 4 is 21.9 Å². The Balaban J connectivity index is 1.44. The first-order valence-electron chi connectivity index (χ1n) is 9.70. The van der Waals surface area contributed by atoms with Crippen molar-refractivity contribution in [2.24, 2.45) is 0 Å². The Kier molecular flexibility index (Phi) is 3.70. The molecular formula is C23H17N7. The number of H-pyrrole nitrogens is 1. The van der Waals surface area contributed by atoms with Crippen molar-refractivity contribution in [2.75, 3.05) is 0 Å². The van der Waals surface area contributed by atoms with Crippen LogP contribution in [0.3, 0.4) is 0 Å². The lowest BCUT2D eigenvalue weighted by atomic mass is 10.1. The fourth-order valence-corrected chi connectivity index (χ4v) is 3.79. The lowest BCUT2D eigenvalue weighted by Gasteiger charge is -2.09. The van der Waals surface area contributed by atoms with Crippen molar-refractivity contribution in [2.45, 2.75) is 6.54 Å². The minimum atomic E-state index is 0.717. The standard InChI is InChI=1S/C23H17N7/c1-2-4-16(5-3-1)15-29-22(10-11-25-29)17-7-9-20-23(12-17)30(28-27-20)19-8-6-18-14-24-26-21(18)13-19/h1-14H,15H2,(H,24,26). The van der Waals surface area contributed by atoms with E-state index in [4.69, 9.17) is 0 Å². The highest BCUT2D eigenvalue weighted by atomic mass is 15.4. The summed E-state index contributed by atoms with van der Waals surface area (Å²) in [5.41, 5.74) is 7.02. The molecule has 144 valence electrons. The van der Waals surface area contributed by atoms with Crippen molar-refractivity contribution < 1.29 is 0 Å². The van der Waals surface area contributed by atoms with Crippen LogP contribution < -0.4 is 0 Å². The van der Waals surface area contributed by atoms with Crippen LogP contribution in [0.4, 0.5) is 0 Å². The first kappa shape index (κ1) is 16.7. The fourth-order valence-electron chi connectivity index (χ4n) is 3.79. The Bertz CT molecular complexity index is 1470. The molecule has 0 saturated carbocycles. The molecule has 0 aliphatic rings. The Hall–Kier alpha value is -4.26. The number of benzene rings is 3. The quantitative estimate of drug-likeness (QED) is 0.488. The molecule has 30 heavy (non-hydrogen) atoms. The highest BCUT2D eigenvalue weighted by molar-refractivity contribution is 5.84. The summed E-state index contributed by atoms with van der Waals surface area (Å²) >= 11 is 0. The van der Waals surface area contributed by atoms with Crippen molar-refractivity contribution in [3.63, 3.8) is 0 Å². The molecule has 6 aromatic rings. The maximum atomic E-state index is 4.53. The molecule has 3 heterocycles. The lowest BCUT2D eigenvalue weighted by molar-refractivity contribution is 0.694. The van der Waals surface area contributed by atoms with E-state index >= 15 is 0 Å². The number of nitrogens with one attached hydrogen (secondary N) is 1. The van der Waals surface area contributed by atoms with Gasteiger partial charge in [-0.1, -0.05) is 41.6 Å². The summed E-state index contributed by atoms with van der Waals surface area (Å²) in [6.45, 7) is 0.717. The zero-order chi connectivity index (χ0) is 19.9. The van der Waals surface area contributed by atoms with Gasteiger partial charge >= 0.3 is 0 Å². The van der Waals surface area contributed by atoms with E-state index in [9.17, 15) is 0 Å². The molecule has 0 fully saturated rings. The van der Waals surface area contributed by atoms with Crippen molar-refractivity contribution in [3.05, 3.63) is 90.8 Å². The molecule has 0 spiro atoms. The topological polar surface area (TPSA) is 77.2 Å². The van der Waals surface area contributed by atoms with Crippen molar-refractivity contribution in [1.82, 2.24) is 35.0 Å². The summed E-state index contributed by atoms with van der Waals surface area (Å²) in [6.07, 6.45) is 3.65. The molecular weight excluding hydrogens is 374 g/mol. The van der Waals surface area contributed by atoms with Crippen LogP contribution in [0.15, 0.2) is 85.2 Å². The van der Waals surface area contributed by atoms with Crippen LogP contribution in [-0.2, 0) is 6.54 Å². The van der Waals surface area contributed by atoms with E-state index in [0.717, 1.165) is 45.4 Å². The first-order valence-corrected chi connectivity index (χ1v) is 9.70. The minimum absolute atomic E-state index is 0.717. The molecule has 0 atom stereocenters. The van der Waals surface area contributed by atoms with E-state index in [1.807, 2.05) is 70.3 Å². The van der Waals surface area contributed by atoms with Gasteiger partial charge in [0.1, 0.15) is 5.52 Å². The summed E-state index contributed by atoms with van der Waals surface area (Å²) < 4.78 is 3.87. The van der Waals surface area contributed by atoms with Gasteiger partial charge in [0.2, 0.25) is 0 Å². The highest BCUT2D eigenvalue weighted by Gasteiger charge is 2.12. The van der Waals surface area contributed by atoms with E-state index in [0.29, 0.717) is 0 Å². The summed E-state index contributed by atoms with van der Waals surface area (Å²) in [4.78, 5) is 0. The number of nitrogens with zero attached hydrogens (tertiary/aromatic N) is 6. The van der Waals surface area contributed by atoms with Gasteiger partial charge in [-0.3, -0.25) is 9.78 Å². The van der Waals surface area contributed by atoms with Crippen LogP contribution in [0.5, 0.6) is 0 Å². The third kappa shape index (κ3) is 2.76. The van der Waals surface area contributed by atoms with Gasteiger partial charge < -0.3 is 0 Å². The van der Waals surface area contributed by atoms with Crippen LogP contribution in [0.1, 0.15) is 5.56 Å². The summed E-state index contributed by atoms with van der Waals surface area (Å²) in [7, 11) is 0. The predicted molar refractivity (Wildman–Crippen MR) is 115 cm³/mol. The molecule has 7 nitrogen and oxygen atoms in total. The molecule has 0 aliphatic heterocycles. The molecule has 3 aromatic heterocycles. The Morgan fingerprint density at radius 2 is 1.83 bits per heavy atom. The van der Waals surface area contributed by atoms with Gasteiger partial charge in [0.15, 0.2) is 0 Å². The third-order valence-corrected chi connectivity index (χ3v) is 5.30. The van der Waals surface area contributed by atoms with Crippen molar-refractivity contribution in [1.29, 1.82) is 0 Å². The molecule has 7 heteroatoms. The number of aromatic nitrogens is 7. The van der Waals surface area contributed by atoms with Gasteiger partial charge in [-0.25, -0.2) is 4.68 Å². The minimum Gasteiger partial charge on any atom is -0.278 e. The average Bonchev–Trinajstić information content (AvgIpc) is 3.52. The van der Waals surface area contributed by atoms with Gasteiger partial charge in [-0.05, 0) is 42.0 Å². The van der Waals surface area contributed by atoms with E-state index < -0.39 is 0 Å². The summed E-state index contributed by atoms with van der Waals surface area (Å²) in [6, 6.07) is 24.6. The second-order valence-electron chi connectivity index (χ2n) is 7.21. The number of fused-ring (bicyclic) bond motifs is 2. The Morgan fingerprint density at radius 1 is 0.900 bits per heavy atom. The van der Waals surface area contributed by atoms with Crippen LogP contribution in [-0.4, -0.2) is 35.0 Å². The number of rotatable bonds is 4. The second-order valence-corrected chi connectivity index (χ2v) is 7.21. The van der Waals surface area contributed by atoms with Crippen molar-refractivity contribution in [3.8, 4) is 16.9 Å². The summed E-state index contributed by atoms with van der Waals surface area (Å²) in [5, 5.41) is 21.4. The SMILES string of the molecule is c1ccc(Cn2nccc2-c2ccc3nnn(-c4ccc5cn[nH]c5c4)c3c2)cc1. The third-order valence-electron chi connectivity index (χ3n) is 5.30. The van der Waals surface area contributed by atoms with Gasteiger partial charge in [0, 0.05) is 17.1 Å². The number of aromatic amines is 1. The van der Waals surface area contributed by atoms with Crippen LogP contribution in [0.25, 0.3) is 38.9 Å². The Morgan fingerprint density at radius 3 is 2.77 bits per heavy atom. The zero-order valence-corrected chi connectivity index (χ0v) is 16.0. The van der Waals surface area contributed by atoms with Crippen LogP contribution >= 0.6 is 0 Å². The van der Waals surface area contributed by atoms with Gasteiger partial charge in [0.05, 0.1) is 35.2 Å². The van der Waals surface area contributed by atoms with Crippen LogP contribution in [0, 0.1) is 0 Å². The van der Waals surface area contributed by atoms with E-state index in [-0.39, 0.29) is 0 Å². The molecule has 6 rings (SSSR count). The average molecular weight is 391 g/mol. The fraction of sp³-hybridized carbons (Fsp3) is 0.0435. The zero-order valence-electron chi connectivity index (χ0n) is 16.0. The molecule has 3 aromatic carbocycles. The monoisotopic (exact) mass is 391 g/mol. The van der Waals surface area contributed by atoms with Gasteiger partial charge in [-0.2, -0.15) is 10.2 Å². The maximum absolute atomic E-state index is 4.53. The normalized spacial score (nSPS) is 11.5. The van der Waals surface area contributed by atoms with Crippen LogP contribution in [0.2, 0.25) is 0 Å². The van der Waals surface area contributed by atoms with E-state index in [1.54, 1.807) is 0 Å². The van der Waals surface area contributed by atoms with E-state index in [1.165, 1.54) is 5.56 Å². The molecule has 1 N–H and O–H groups in total. The molecule has 0 radical (unpaired) electrons. The highest BCUT2D eigenvalue weighted by Crippen LogP contribution is 2.26.